The zero-order valence-corrected chi connectivity index (χ0v) is 12.1. The van der Waals surface area contributed by atoms with Crippen molar-refractivity contribution in [2.75, 3.05) is 7.11 Å². The lowest BCUT2D eigenvalue weighted by molar-refractivity contribution is -0.154. The number of ether oxygens (including phenoxy) is 1. The molecule has 1 unspecified atom stereocenters. The van der Waals surface area contributed by atoms with E-state index in [0.29, 0.717) is 12.8 Å². The number of Topliss-reactive ketones (excluding diaryl/α,β-unsaturated/α-hetero) is 1. The van der Waals surface area contributed by atoms with Gasteiger partial charge in [0.1, 0.15) is 19.0 Å². The van der Waals surface area contributed by atoms with Crippen LogP contribution in [0, 0.1) is 17.8 Å². The predicted octanol–water partition coefficient (Wildman–Crippen LogP) is 2.19. The van der Waals surface area contributed by atoms with Crippen molar-refractivity contribution in [3.05, 3.63) is 0 Å². The van der Waals surface area contributed by atoms with E-state index in [-0.39, 0.29) is 35.6 Å². The van der Waals surface area contributed by atoms with Crippen LogP contribution in [-0.2, 0) is 19.2 Å². The first-order chi connectivity index (χ1) is 8.97. The summed E-state index contributed by atoms with van der Waals surface area (Å²) in [7, 11) is 1.48. The Hall–Kier alpha value is -1.39. The minimum atomic E-state index is -0.370. The van der Waals surface area contributed by atoms with Crippen molar-refractivity contribution in [1.29, 1.82) is 0 Å². The molecule has 108 valence electrons. The molecule has 1 saturated carbocycles. The van der Waals surface area contributed by atoms with Gasteiger partial charge in [-0.25, -0.2) is 0 Å². The Kier molecular flexibility index (Phi) is 5.99. The van der Waals surface area contributed by atoms with Crippen LogP contribution in [0.4, 0.5) is 0 Å². The first kappa shape index (κ1) is 15.7. The van der Waals surface area contributed by atoms with Crippen molar-refractivity contribution < 1.29 is 19.2 Å². The fraction of sp³-hybridized carbons (Fsp3) is 0.786. The van der Waals surface area contributed by atoms with Crippen LogP contribution in [0.15, 0.2) is 5.16 Å². The Balaban J connectivity index is 2.78. The number of carbonyl (C=O) groups excluding carboxylic acids is 2. The average molecular weight is 269 g/mol. The average Bonchev–Trinajstić information content (AvgIpc) is 2.66. The lowest BCUT2D eigenvalue weighted by Crippen LogP contribution is -2.37. The van der Waals surface area contributed by atoms with Gasteiger partial charge in [-0.15, -0.1) is 0 Å². The van der Waals surface area contributed by atoms with Crippen LogP contribution in [0.2, 0.25) is 0 Å². The summed E-state index contributed by atoms with van der Waals surface area (Å²) < 4.78 is 5.41. The molecule has 0 amide bonds. The van der Waals surface area contributed by atoms with Gasteiger partial charge in [-0.05, 0) is 24.7 Å². The van der Waals surface area contributed by atoms with Crippen molar-refractivity contribution in [2.24, 2.45) is 22.9 Å². The molecule has 19 heavy (non-hydrogen) atoms. The normalized spacial score (nSPS) is 26.4. The van der Waals surface area contributed by atoms with E-state index in [2.05, 4.69) is 9.99 Å². The maximum Gasteiger partial charge on any atom is 0.302 e. The first-order valence-corrected chi connectivity index (χ1v) is 6.72. The summed E-state index contributed by atoms with van der Waals surface area (Å²) >= 11 is 0. The molecule has 0 bridgehead atoms. The largest absolute Gasteiger partial charge is 0.461 e. The SMILES string of the molecule is CON=CC[C@@H](C)[C@@H](OC(C)=O)[C@H]1C(=O)CCC1C. The molecule has 1 rings (SSSR count). The summed E-state index contributed by atoms with van der Waals surface area (Å²) in [5, 5.41) is 3.69. The van der Waals surface area contributed by atoms with Crippen molar-refractivity contribution in [2.45, 2.75) is 46.1 Å². The van der Waals surface area contributed by atoms with Gasteiger partial charge in [0.25, 0.3) is 0 Å². The molecule has 0 radical (unpaired) electrons. The Labute approximate surface area is 114 Å². The van der Waals surface area contributed by atoms with Gasteiger partial charge in [0.05, 0.1) is 5.92 Å². The van der Waals surface area contributed by atoms with Crippen LogP contribution in [0.25, 0.3) is 0 Å². The molecule has 1 aliphatic rings. The van der Waals surface area contributed by atoms with Crippen LogP contribution >= 0.6 is 0 Å². The van der Waals surface area contributed by atoms with E-state index in [1.165, 1.54) is 14.0 Å². The standard InChI is InChI=1S/C14H23NO4/c1-9-5-6-12(17)13(9)14(19-11(3)16)10(2)7-8-15-18-4/h8-10,13-14H,5-7H2,1-4H3/t9?,10-,13-,14-/m1/s1. The number of carbonyl (C=O) groups is 2. The van der Waals surface area contributed by atoms with Crippen molar-refractivity contribution in [3.8, 4) is 0 Å². The van der Waals surface area contributed by atoms with E-state index in [0.717, 1.165) is 6.42 Å². The van der Waals surface area contributed by atoms with Crippen molar-refractivity contribution in [3.63, 3.8) is 0 Å². The molecule has 0 N–H and O–H groups in total. The minimum Gasteiger partial charge on any atom is -0.461 e. The Morgan fingerprint density at radius 3 is 2.74 bits per heavy atom. The molecule has 0 saturated heterocycles. The van der Waals surface area contributed by atoms with E-state index in [1.807, 2.05) is 13.8 Å². The quantitative estimate of drug-likeness (QED) is 0.421. The number of hydrogen-bond donors (Lipinski definition) is 0. The van der Waals surface area contributed by atoms with E-state index < -0.39 is 0 Å². The molecule has 1 aliphatic carbocycles. The Bertz CT molecular complexity index is 353. The summed E-state index contributed by atoms with van der Waals surface area (Å²) in [6.07, 6.45) is 3.35. The number of rotatable bonds is 6. The zero-order valence-electron chi connectivity index (χ0n) is 12.1. The smallest absolute Gasteiger partial charge is 0.302 e. The molecule has 0 heterocycles. The van der Waals surface area contributed by atoms with Gasteiger partial charge in [-0.2, -0.15) is 0 Å². The molecular weight excluding hydrogens is 246 g/mol. The number of ketones is 1. The maximum atomic E-state index is 12.0. The van der Waals surface area contributed by atoms with Crippen LogP contribution in [0.3, 0.4) is 0 Å². The Morgan fingerprint density at radius 2 is 2.26 bits per heavy atom. The third-order valence-electron chi connectivity index (χ3n) is 3.70. The van der Waals surface area contributed by atoms with Crippen molar-refractivity contribution >= 4 is 18.0 Å². The third-order valence-corrected chi connectivity index (χ3v) is 3.70. The minimum absolute atomic E-state index is 0.0392. The van der Waals surface area contributed by atoms with Gasteiger partial charge in [-0.3, -0.25) is 9.59 Å². The highest BCUT2D eigenvalue weighted by molar-refractivity contribution is 5.84. The number of nitrogens with zero attached hydrogens (tertiary/aromatic N) is 1. The highest BCUT2D eigenvalue weighted by Gasteiger charge is 2.41. The highest BCUT2D eigenvalue weighted by atomic mass is 16.6. The lowest BCUT2D eigenvalue weighted by atomic mass is 9.83. The molecule has 0 spiro atoms. The van der Waals surface area contributed by atoms with E-state index >= 15 is 0 Å². The molecule has 5 nitrogen and oxygen atoms in total. The molecule has 4 atom stereocenters. The van der Waals surface area contributed by atoms with Gasteiger partial charge in [-0.1, -0.05) is 19.0 Å². The Morgan fingerprint density at radius 1 is 1.58 bits per heavy atom. The molecule has 0 aliphatic heterocycles. The van der Waals surface area contributed by atoms with Gasteiger partial charge in [0.2, 0.25) is 0 Å². The summed E-state index contributed by atoms with van der Waals surface area (Å²) in [4.78, 5) is 27.9. The molecule has 0 aromatic carbocycles. The number of oxime groups is 1. The van der Waals surface area contributed by atoms with Gasteiger partial charge < -0.3 is 9.57 Å². The second kappa shape index (κ2) is 7.26. The van der Waals surface area contributed by atoms with Crippen LogP contribution in [0.5, 0.6) is 0 Å². The van der Waals surface area contributed by atoms with Crippen LogP contribution < -0.4 is 0 Å². The second-order valence-corrected chi connectivity index (χ2v) is 5.27. The topological polar surface area (TPSA) is 65.0 Å². The molecule has 5 heteroatoms. The first-order valence-electron chi connectivity index (χ1n) is 6.72. The fourth-order valence-corrected chi connectivity index (χ4v) is 2.69. The fourth-order valence-electron chi connectivity index (χ4n) is 2.69. The lowest BCUT2D eigenvalue weighted by Gasteiger charge is -2.29. The van der Waals surface area contributed by atoms with Gasteiger partial charge in [0, 0.05) is 19.6 Å². The molecule has 0 aromatic heterocycles. The van der Waals surface area contributed by atoms with Crippen LogP contribution in [0.1, 0.15) is 40.0 Å². The predicted molar refractivity (Wildman–Crippen MR) is 71.7 cm³/mol. The van der Waals surface area contributed by atoms with E-state index in [1.54, 1.807) is 6.21 Å². The zero-order chi connectivity index (χ0) is 14.4. The third kappa shape index (κ3) is 4.33. The van der Waals surface area contributed by atoms with Gasteiger partial charge >= 0.3 is 5.97 Å². The second-order valence-electron chi connectivity index (χ2n) is 5.27. The maximum absolute atomic E-state index is 12.0. The van der Waals surface area contributed by atoms with Crippen LogP contribution in [-0.4, -0.2) is 31.2 Å². The number of hydrogen-bond acceptors (Lipinski definition) is 5. The number of esters is 1. The summed E-state index contributed by atoms with van der Waals surface area (Å²) in [6, 6.07) is 0. The summed E-state index contributed by atoms with van der Waals surface area (Å²) in [6.45, 7) is 5.39. The molecule has 0 aromatic rings. The highest BCUT2D eigenvalue weighted by Crippen LogP contribution is 2.35. The monoisotopic (exact) mass is 269 g/mol. The van der Waals surface area contributed by atoms with E-state index in [4.69, 9.17) is 4.74 Å². The molecule has 1 fully saturated rings. The van der Waals surface area contributed by atoms with Gasteiger partial charge in [0.15, 0.2) is 0 Å². The summed E-state index contributed by atoms with van der Waals surface area (Å²) in [5.41, 5.74) is 0. The summed E-state index contributed by atoms with van der Waals surface area (Å²) in [5.74, 6) is -0.0208. The van der Waals surface area contributed by atoms with Crippen molar-refractivity contribution in [1.82, 2.24) is 0 Å². The van der Waals surface area contributed by atoms with E-state index in [9.17, 15) is 9.59 Å². The molecular formula is C14H23NO4.